The van der Waals surface area contributed by atoms with E-state index < -0.39 is 0 Å². The SMILES string of the molecule is CC1(C)OB(c2cnn(C3CCC(=O)NC3)c2)OC1(C)C. The molecule has 1 atom stereocenters. The molecule has 1 amide bonds. The quantitative estimate of drug-likeness (QED) is 0.812. The average molecular weight is 291 g/mol. The fraction of sp³-hybridized carbons (Fsp3) is 0.714. The zero-order chi connectivity index (χ0) is 15.3. The topological polar surface area (TPSA) is 65.4 Å². The molecule has 0 aromatic carbocycles. The molecular formula is C14H22BN3O3. The number of nitrogens with zero attached hydrogens (tertiary/aromatic N) is 2. The minimum atomic E-state index is -0.387. The Labute approximate surface area is 125 Å². The van der Waals surface area contributed by atoms with Crippen molar-refractivity contribution in [2.24, 2.45) is 0 Å². The molecule has 0 saturated carbocycles. The Morgan fingerprint density at radius 1 is 1.33 bits per heavy atom. The fourth-order valence-electron chi connectivity index (χ4n) is 2.60. The summed E-state index contributed by atoms with van der Waals surface area (Å²) in [5.41, 5.74) is 0.225. The third-order valence-electron chi connectivity index (χ3n) is 4.76. The van der Waals surface area contributed by atoms with Gasteiger partial charge in [-0.25, -0.2) is 0 Å². The van der Waals surface area contributed by atoms with Crippen molar-refractivity contribution >= 4 is 18.5 Å². The lowest BCUT2D eigenvalue weighted by molar-refractivity contribution is -0.122. The van der Waals surface area contributed by atoms with E-state index >= 15 is 0 Å². The van der Waals surface area contributed by atoms with E-state index in [0.29, 0.717) is 13.0 Å². The van der Waals surface area contributed by atoms with Crippen molar-refractivity contribution in [2.75, 3.05) is 6.54 Å². The summed E-state index contributed by atoms with van der Waals surface area (Å²) in [5, 5.41) is 7.28. The van der Waals surface area contributed by atoms with Gasteiger partial charge in [-0.05, 0) is 34.1 Å². The van der Waals surface area contributed by atoms with Crippen molar-refractivity contribution in [2.45, 2.75) is 57.8 Å². The summed E-state index contributed by atoms with van der Waals surface area (Å²) < 4.78 is 13.9. The molecule has 21 heavy (non-hydrogen) atoms. The number of aromatic nitrogens is 2. The van der Waals surface area contributed by atoms with Crippen LogP contribution < -0.4 is 10.8 Å². The van der Waals surface area contributed by atoms with E-state index in [1.54, 1.807) is 6.20 Å². The van der Waals surface area contributed by atoms with E-state index in [1.807, 2.05) is 38.6 Å². The Balaban J connectivity index is 1.73. The molecule has 3 heterocycles. The van der Waals surface area contributed by atoms with E-state index in [2.05, 4.69) is 10.4 Å². The normalized spacial score (nSPS) is 27.7. The molecule has 0 spiro atoms. The summed E-state index contributed by atoms with van der Waals surface area (Å²) in [6.45, 7) is 8.77. The molecule has 6 nitrogen and oxygen atoms in total. The van der Waals surface area contributed by atoms with Crippen LogP contribution in [0.2, 0.25) is 0 Å². The van der Waals surface area contributed by atoms with E-state index in [1.165, 1.54) is 0 Å². The largest absolute Gasteiger partial charge is 0.498 e. The molecule has 2 saturated heterocycles. The maximum absolute atomic E-state index is 11.2. The predicted molar refractivity (Wildman–Crippen MR) is 79.2 cm³/mol. The lowest BCUT2D eigenvalue weighted by Gasteiger charge is -2.32. The third kappa shape index (κ3) is 2.60. The van der Waals surface area contributed by atoms with Gasteiger partial charge in [-0.15, -0.1) is 0 Å². The summed E-state index contributed by atoms with van der Waals surface area (Å²) in [6, 6.07) is 0.207. The Hall–Kier alpha value is -1.34. The van der Waals surface area contributed by atoms with Gasteiger partial charge in [0.05, 0.1) is 17.2 Å². The zero-order valence-corrected chi connectivity index (χ0v) is 13.0. The highest BCUT2D eigenvalue weighted by Gasteiger charge is 2.52. The number of piperidine rings is 1. The van der Waals surface area contributed by atoms with E-state index in [0.717, 1.165) is 11.9 Å². The first-order chi connectivity index (χ1) is 9.78. The monoisotopic (exact) mass is 291 g/mol. The Bertz CT molecular complexity index is 529. The van der Waals surface area contributed by atoms with Gasteiger partial charge >= 0.3 is 7.12 Å². The molecule has 0 radical (unpaired) electrons. The molecule has 2 aliphatic rings. The smallest absolute Gasteiger partial charge is 0.399 e. The number of rotatable bonds is 2. The van der Waals surface area contributed by atoms with E-state index in [-0.39, 0.29) is 30.3 Å². The van der Waals surface area contributed by atoms with Crippen molar-refractivity contribution in [1.82, 2.24) is 15.1 Å². The Morgan fingerprint density at radius 2 is 2.00 bits per heavy atom. The highest BCUT2D eigenvalue weighted by molar-refractivity contribution is 6.62. The molecule has 0 bridgehead atoms. The minimum absolute atomic E-state index is 0.115. The van der Waals surface area contributed by atoms with Crippen LogP contribution in [0, 0.1) is 0 Å². The van der Waals surface area contributed by atoms with Gasteiger partial charge in [-0.1, -0.05) is 0 Å². The fourth-order valence-corrected chi connectivity index (χ4v) is 2.60. The summed E-state index contributed by atoms with van der Waals surface area (Å²) in [4.78, 5) is 11.2. The lowest BCUT2D eigenvalue weighted by atomic mass is 9.82. The summed E-state index contributed by atoms with van der Waals surface area (Å²) >= 11 is 0. The molecular weight excluding hydrogens is 269 g/mol. The maximum Gasteiger partial charge on any atom is 0.498 e. The van der Waals surface area contributed by atoms with Crippen LogP contribution in [0.1, 0.15) is 46.6 Å². The predicted octanol–water partition coefficient (Wildman–Crippen LogP) is 0.633. The molecule has 114 valence electrons. The molecule has 1 aromatic rings. The lowest BCUT2D eigenvalue weighted by Crippen LogP contribution is -2.41. The summed E-state index contributed by atoms with van der Waals surface area (Å²) in [5.74, 6) is 0.115. The van der Waals surface area contributed by atoms with Gasteiger partial charge in [0.2, 0.25) is 5.91 Å². The minimum Gasteiger partial charge on any atom is -0.399 e. The van der Waals surface area contributed by atoms with Crippen LogP contribution in [0.25, 0.3) is 0 Å². The molecule has 1 N–H and O–H groups in total. The van der Waals surface area contributed by atoms with Crippen LogP contribution in [0.5, 0.6) is 0 Å². The van der Waals surface area contributed by atoms with Crippen molar-refractivity contribution in [3.05, 3.63) is 12.4 Å². The second-order valence-electron chi connectivity index (χ2n) is 6.84. The molecule has 3 rings (SSSR count). The zero-order valence-electron chi connectivity index (χ0n) is 13.0. The standard InChI is InChI=1S/C14H22BN3O3/c1-13(2)14(3,4)21-15(20-13)10-7-17-18(9-10)11-5-6-12(19)16-8-11/h7,9,11H,5-6,8H2,1-4H3,(H,16,19). The Kier molecular flexibility index (Phi) is 3.37. The second-order valence-corrected chi connectivity index (χ2v) is 6.84. The first-order valence-electron chi connectivity index (χ1n) is 7.45. The van der Waals surface area contributed by atoms with Crippen LogP contribution in [0.3, 0.4) is 0 Å². The molecule has 2 aliphatic heterocycles. The van der Waals surface area contributed by atoms with Gasteiger partial charge < -0.3 is 14.6 Å². The van der Waals surface area contributed by atoms with Crippen LogP contribution >= 0.6 is 0 Å². The van der Waals surface area contributed by atoms with Crippen molar-refractivity contribution in [1.29, 1.82) is 0 Å². The van der Waals surface area contributed by atoms with E-state index in [4.69, 9.17) is 9.31 Å². The molecule has 2 fully saturated rings. The number of hydrogen-bond acceptors (Lipinski definition) is 4. The molecule has 7 heteroatoms. The number of hydrogen-bond donors (Lipinski definition) is 1. The number of nitrogens with one attached hydrogen (secondary N) is 1. The number of amides is 1. The first-order valence-corrected chi connectivity index (χ1v) is 7.45. The average Bonchev–Trinajstić information content (AvgIpc) is 2.94. The Morgan fingerprint density at radius 3 is 2.57 bits per heavy atom. The van der Waals surface area contributed by atoms with Crippen molar-refractivity contribution < 1.29 is 14.1 Å². The van der Waals surface area contributed by atoms with Crippen molar-refractivity contribution in [3.8, 4) is 0 Å². The van der Waals surface area contributed by atoms with Gasteiger partial charge in [0.1, 0.15) is 0 Å². The number of carbonyl (C=O) groups excluding carboxylic acids is 1. The summed E-state index contributed by atoms with van der Waals surface area (Å²) in [7, 11) is -0.387. The van der Waals surface area contributed by atoms with Gasteiger partial charge in [-0.3, -0.25) is 9.48 Å². The first kappa shape index (κ1) is 14.6. The maximum atomic E-state index is 11.2. The second kappa shape index (κ2) is 4.85. The van der Waals surface area contributed by atoms with E-state index in [9.17, 15) is 4.79 Å². The van der Waals surface area contributed by atoms with Crippen molar-refractivity contribution in [3.63, 3.8) is 0 Å². The highest BCUT2D eigenvalue weighted by Crippen LogP contribution is 2.36. The summed E-state index contributed by atoms with van der Waals surface area (Å²) in [6.07, 6.45) is 5.12. The van der Waals surface area contributed by atoms with Gasteiger partial charge in [0.25, 0.3) is 0 Å². The van der Waals surface area contributed by atoms with Crippen LogP contribution in [-0.4, -0.2) is 40.6 Å². The third-order valence-corrected chi connectivity index (χ3v) is 4.76. The van der Waals surface area contributed by atoms with Crippen LogP contribution in [0.4, 0.5) is 0 Å². The number of carbonyl (C=O) groups is 1. The molecule has 1 aromatic heterocycles. The highest BCUT2D eigenvalue weighted by atomic mass is 16.7. The molecule has 1 unspecified atom stereocenters. The van der Waals surface area contributed by atoms with Gasteiger partial charge in [-0.2, -0.15) is 5.10 Å². The van der Waals surface area contributed by atoms with Crippen LogP contribution in [-0.2, 0) is 14.1 Å². The van der Waals surface area contributed by atoms with Gasteiger partial charge in [0, 0.05) is 30.8 Å². The molecule has 0 aliphatic carbocycles. The van der Waals surface area contributed by atoms with Gasteiger partial charge in [0.15, 0.2) is 0 Å². The van der Waals surface area contributed by atoms with Crippen LogP contribution in [0.15, 0.2) is 12.4 Å².